The Morgan fingerprint density at radius 1 is 1.04 bits per heavy atom. The van der Waals surface area contributed by atoms with Crippen LogP contribution in [0.4, 0.5) is 0 Å². The molecule has 0 radical (unpaired) electrons. The average Bonchev–Trinajstić information content (AvgIpc) is 2.38. The summed E-state index contributed by atoms with van der Waals surface area (Å²) in [4.78, 5) is 23.4. The van der Waals surface area contributed by atoms with Gasteiger partial charge in [-0.3, -0.25) is 0 Å². The first-order chi connectivity index (χ1) is 10.6. The Hall–Kier alpha value is -1.32. The third-order valence-corrected chi connectivity index (χ3v) is 5.17. The molecule has 1 aliphatic rings. The van der Waals surface area contributed by atoms with Gasteiger partial charge in [-0.05, 0) is 54.4 Å². The Balaban J connectivity index is 3.58. The summed E-state index contributed by atoms with van der Waals surface area (Å²) in [5.41, 5.74) is 0.00417. The summed E-state index contributed by atoms with van der Waals surface area (Å²) in [6.45, 7) is 10.5. The van der Waals surface area contributed by atoms with Gasteiger partial charge in [-0.2, -0.15) is 0 Å². The molecule has 0 aromatic rings. The van der Waals surface area contributed by atoms with E-state index in [0.717, 1.165) is 32.1 Å². The van der Waals surface area contributed by atoms with Gasteiger partial charge < -0.3 is 10.2 Å². The zero-order valence-corrected chi connectivity index (χ0v) is 15.2. The molecule has 4 heteroatoms. The van der Waals surface area contributed by atoms with Gasteiger partial charge in [0, 0.05) is 0 Å². The summed E-state index contributed by atoms with van der Waals surface area (Å²) in [5.74, 6) is -1.64. The van der Waals surface area contributed by atoms with E-state index in [1.54, 1.807) is 0 Å². The fourth-order valence-electron chi connectivity index (χ4n) is 4.33. The average molecular weight is 324 g/mol. The van der Waals surface area contributed by atoms with Gasteiger partial charge in [0.2, 0.25) is 0 Å². The van der Waals surface area contributed by atoms with Crippen molar-refractivity contribution in [2.24, 2.45) is 23.2 Å². The Morgan fingerprint density at radius 3 is 2.00 bits per heavy atom. The van der Waals surface area contributed by atoms with Crippen molar-refractivity contribution in [1.29, 1.82) is 0 Å². The minimum Gasteiger partial charge on any atom is -0.477 e. The molecule has 1 aliphatic carbocycles. The van der Waals surface area contributed by atoms with Gasteiger partial charge in [-0.1, -0.05) is 47.5 Å². The van der Waals surface area contributed by atoms with E-state index in [0.29, 0.717) is 23.8 Å². The molecular weight excluding hydrogens is 292 g/mol. The van der Waals surface area contributed by atoms with Crippen LogP contribution in [-0.2, 0) is 9.59 Å². The molecule has 0 saturated heterocycles. The molecule has 23 heavy (non-hydrogen) atoms. The van der Waals surface area contributed by atoms with Crippen molar-refractivity contribution in [1.82, 2.24) is 0 Å². The number of rotatable bonds is 7. The van der Waals surface area contributed by atoms with E-state index in [1.807, 2.05) is 13.8 Å². The van der Waals surface area contributed by atoms with Crippen LogP contribution in [0.1, 0.15) is 73.1 Å². The molecule has 1 saturated carbocycles. The van der Waals surface area contributed by atoms with Crippen LogP contribution in [0.5, 0.6) is 0 Å². The van der Waals surface area contributed by atoms with Gasteiger partial charge in [0.15, 0.2) is 0 Å². The molecular formula is C19H32O4. The molecule has 2 N–H and O–H groups in total. The van der Waals surface area contributed by atoms with Gasteiger partial charge in [-0.15, -0.1) is 0 Å². The Kier molecular flexibility index (Phi) is 6.84. The number of carbonyl (C=O) groups is 2. The minimum atomic E-state index is -1.30. The molecule has 0 aromatic carbocycles. The highest BCUT2D eigenvalue weighted by Crippen LogP contribution is 2.53. The fourth-order valence-corrected chi connectivity index (χ4v) is 4.33. The normalized spacial score (nSPS) is 24.7. The van der Waals surface area contributed by atoms with Crippen molar-refractivity contribution >= 4 is 11.9 Å². The molecule has 2 atom stereocenters. The topological polar surface area (TPSA) is 74.6 Å². The number of allylic oxidation sites excluding steroid dienone is 1. The fraction of sp³-hybridized carbons (Fsp3) is 0.789. The number of carboxylic acids is 2. The van der Waals surface area contributed by atoms with Crippen molar-refractivity contribution in [2.45, 2.75) is 73.1 Å². The SMILES string of the molecule is CC(C)CC(=C(C(=O)O)C(=O)O)C1(CC(C)C)CCCCC1C. The van der Waals surface area contributed by atoms with Crippen molar-refractivity contribution in [3.63, 3.8) is 0 Å². The van der Waals surface area contributed by atoms with Crippen LogP contribution in [0.3, 0.4) is 0 Å². The lowest BCUT2D eigenvalue weighted by atomic mass is 9.57. The van der Waals surface area contributed by atoms with Gasteiger partial charge in [0.05, 0.1) is 0 Å². The molecule has 0 aromatic heterocycles. The molecule has 0 aliphatic heterocycles. The van der Waals surface area contributed by atoms with Crippen molar-refractivity contribution in [3.8, 4) is 0 Å². The highest BCUT2D eigenvalue weighted by molar-refractivity contribution is 6.13. The summed E-state index contributed by atoms with van der Waals surface area (Å²) >= 11 is 0. The third kappa shape index (κ3) is 4.58. The predicted molar refractivity (Wildman–Crippen MR) is 91.3 cm³/mol. The Morgan fingerprint density at radius 2 is 1.61 bits per heavy atom. The monoisotopic (exact) mass is 324 g/mol. The van der Waals surface area contributed by atoms with Crippen LogP contribution in [-0.4, -0.2) is 22.2 Å². The quantitative estimate of drug-likeness (QED) is 0.403. The van der Waals surface area contributed by atoms with E-state index in [-0.39, 0.29) is 16.9 Å². The summed E-state index contributed by atoms with van der Waals surface area (Å²) in [6, 6.07) is 0. The molecule has 0 bridgehead atoms. The Labute approximate surface area is 140 Å². The van der Waals surface area contributed by atoms with Crippen LogP contribution < -0.4 is 0 Å². The van der Waals surface area contributed by atoms with E-state index in [4.69, 9.17) is 0 Å². The van der Waals surface area contributed by atoms with Gasteiger partial charge >= 0.3 is 11.9 Å². The van der Waals surface area contributed by atoms with Gasteiger partial charge in [0.25, 0.3) is 0 Å². The van der Waals surface area contributed by atoms with Crippen molar-refractivity contribution in [2.75, 3.05) is 0 Å². The van der Waals surface area contributed by atoms with Crippen molar-refractivity contribution in [3.05, 3.63) is 11.1 Å². The Bertz CT molecular complexity index is 460. The van der Waals surface area contributed by atoms with Crippen molar-refractivity contribution < 1.29 is 19.8 Å². The summed E-state index contributed by atoms with van der Waals surface area (Å²) in [6.07, 6.45) is 5.54. The zero-order valence-electron chi connectivity index (χ0n) is 15.2. The molecule has 132 valence electrons. The highest BCUT2D eigenvalue weighted by Gasteiger charge is 2.44. The van der Waals surface area contributed by atoms with Crippen LogP contribution in [0, 0.1) is 23.2 Å². The molecule has 0 amide bonds. The summed E-state index contributed by atoms with van der Waals surface area (Å²) in [5, 5.41) is 19.1. The first kappa shape index (κ1) is 19.7. The van der Waals surface area contributed by atoms with Crippen LogP contribution in [0.25, 0.3) is 0 Å². The molecule has 1 fully saturated rings. The van der Waals surface area contributed by atoms with E-state index in [2.05, 4.69) is 20.8 Å². The summed E-state index contributed by atoms with van der Waals surface area (Å²) < 4.78 is 0. The van der Waals surface area contributed by atoms with E-state index in [1.165, 1.54) is 0 Å². The lowest BCUT2D eigenvalue weighted by Gasteiger charge is -2.47. The maximum absolute atomic E-state index is 11.7. The maximum Gasteiger partial charge on any atom is 0.343 e. The molecule has 2 unspecified atom stereocenters. The minimum absolute atomic E-state index is 0.233. The number of aliphatic carboxylic acids is 2. The van der Waals surface area contributed by atoms with E-state index in [9.17, 15) is 19.8 Å². The zero-order chi connectivity index (χ0) is 17.8. The van der Waals surface area contributed by atoms with Crippen LogP contribution in [0.15, 0.2) is 11.1 Å². The second-order valence-electron chi connectivity index (χ2n) is 7.96. The second kappa shape index (κ2) is 7.98. The van der Waals surface area contributed by atoms with Crippen LogP contribution >= 0.6 is 0 Å². The largest absolute Gasteiger partial charge is 0.477 e. The lowest BCUT2D eigenvalue weighted by molar-refractivity contribution is -0.140. The van der Waals surface area contributed by atoms with E-state index >= 15 is 0 Å². The molecule has 0 heterocycles. The number of hydrogen-bond donors (Lipinski definition) is 2. The third-order valence-electron chi connectivity index (χ3n) is 5.17. The molecule has 0 spiro atoms. The van der Waals surface area contributed by atoms with Gasteiger partial charge in [-0.25, -0.2) is 9.59 Å². The maximum atomic E-state index is 11.7. The number of hydrogen-bond acceptors (Lipinski definition) is 2. The van der Waals surface area contributed by atoms with E-state index < -0.39 is 11.9 Å². The number of carboxylic acid groups (broad SMARTS) is 2. The first-order valence-corrected chi connectivity index (χ1v) is 8.82. The summed E-state index contributed by atoms with van der Waals surface area (Å²) in [7, 11) is 0. The standard InChI is InChI=1S/C19H32O4/c1-12(2)10-15(16(17(20)21)18(22)23)19(11-13(3)4)9-7-6-8-14(19)5/h12-14H,6-11H2,1-5H3,(H,20,21)(H,22,23). The second-order valence-corrected chi connectivity index (χ2v) is 7.96. The van der Waals surface area contributed by atoms with Gasteiger partial charge in [0.1, 0.15) is 5.57 Å². The van der Waals surface area contributed by atoms with Crippen LogP contribution in [0.2, 0.25) is 0 Å². The molecule has 4 nitrogen and oxygen atoms in total. The first-order valence-electron chi connectivity index (χ1n) is 8.82. The highest BCUT2D eigenvalue weighted by atomic mass is 16.4. The smallest absolute Gasteiger partial charge is 0.343 e. The predicted octanol–water partition coefficient (Wildman–Crippen LogP) is 4.74. The lowest BCUT2D eigenvalue weighted by Crippen LogP contribution is -2.38. The molecule has 1 rings (SSSR count).